The summed E-state index contributed by atoms with van der Waals surface area (Å²) in [6.07, 6.45) is 6.66. The SMILES string of the molecule is CN1CCC=CC1c1nsnc1SCCCC(=O)c1ccc(F)cc1.O=C(O)C(=O)O. The molecule has 0 aliphatic carbocycles. The summed E-state index contributed by atoms with van der Waals surface area (Å²) in [6, 6.07) is 5.92. The van der Waals surface area contributed by atoms with Gasteiger partial charge in [-0.05, 0) is 44.2 Å². The van der Waals surface area contributed by atoms with Crippen LogP contribution in [0.2, 0.25) is 0 Å². The Labute approximate surface area is 187 Å². The summed E-state index contributed by atoms with van der Waals surface area (Å²) in [4.78, 5) is 32.6. The molecule has 0 spiro atoms. The number of Topliss-reactive ketones (excluding diaryl/α,β-unsaturated/α-hetero) is 1. The van der Waals surface area contributed by atoms with Gasteiger partial charge < -0.3 is 10.2 Å². The number of aliphatic carboxylic acids is 2. The number of ketones is 1. The maximum atomic E-state index is 12.9. The van der Waals surface area contributed by atoms with Crippen LogP contribution in [-0.2, 0) is 9.59 Å². The van der Waals surface area contributed by atoms with Crippen LogP contribution < -0.4 is 0 Å². The van der Waals surface area contributed by atoms with Crippen LogP contribution in [0.1, 0.15) is 41.4 Å². The lowest BCUT2D eigenvalue weighted by Crippen LogP contribution is -2.27. The molecular weight excluding hydrogens is 445 g/mol. The van der Waals surface area contributed by atoms with Crippen molar-refractivity contribution in [2.24, 2.45) is 0 Å². The lowest BCUT2D eigenvalue weighted by Gasteiger charge is -2.27. The van der Waals surface area contributed by atoms with Gasteiger partial charge in [-0.2, -0.15) is 8.75 Å². The number of carboxylic acids is 2. The summed E-state index contributed by atoms with van der Waals surface area (Å²) < 4.78 is 21.8. The fraction of sp³-hybridized carbons (Fsp3) is 0.350. The number of thioether (sulfide) groups is 1. The zero-order chi connectivity index (χ0) is 22.8. The number of hydrogen-bond donors (Lipinski definition) is 2. The molecule has 166 valence electrons. The maximum absolute atomic E-state index is 12.9. The molecule has 0 amide bonds. The highest BCUT2D eigenvalue weighted by atomic mass is 32.2. The van der Waals surface area contributed by atoms with E-state index in [-0.39, 0.29) is 17.6 Å². The van der Waals surface area contributed by atoms with E-state index in [9.17, 15) is 9.18 Å². The predicted molar refractivity (Wildman–Crippen MR) is 115 cm³/mol. The molecule has 3 rings (SSSR count). The minimum atomic E-state index is -1.82. The number of likely N-dealkylation sites (N-methyl/N-ethyl adjacent to an activating group) is 1. The van der Waals surface area contributed by atoms with Gasteiger partial charge in [0.15, 0.2) is 5.78 Å². The molecule has 0 bridgehead atoms. The van der Waals surface area contributed by atoms with E-state index in [1.807, 2.05) is 0 Å². The average molecular weight is 468 g/mol. The Hall–Kier alpha value is -2.63. The Morgan fingerprint density at radius 2 is 1.87 bits per heavy atom. The van der Waals surface area contributed by atoms with Crippen LogP contribution in [0.5, 0.6) is 0 Å². The van der Waals surface area contributed by atoms with Gasteiger partial charge >= 0.3 is 11.9 Å². The molecule has 0 saturated carbocycles. The number of halogens is 1. The third-order valence-electron chi connectivity index (χ3n) is 4.34. The van der Waals surface area contributed by atoms with E-state index in [1.165, 1.54) is 23.9 Å². The van der Waals surface area contributed by atoms with E-state index in [4.69, 9.17) is 19.8 Å². The van der Waals surface area contributed by atoms with Gasteiger partial charge in [-0.3, -0.25) is 9.69 Å². The van der Waals surface area contributed by atoms with Gasteiger partial charge in [0.1, 0.15) is 16.5 Å². The second-order valence-corrected chi connectivity index (χ2v) is 8.20. The van der Waals surface area contributed by atoms with Crippen molar-refractivity contribution >= 4 is 41.2 Å². The molecule has 2 N–H and O–H groups in total. The smallest absolute Gasteiger partial charge is 0.414 e. The van der Waals surface area contributed by atoms with Crippen LogP contribution in [0, 0.1) is 5.82 Å². The van der Waals surface area contributed by atoms with Crippen molar-refractivity contribution in [3.63, 3.8) is 0 Å². The van der Waals surface area contributed by atoms with Crippen molar-refractivity contribution in [2.45, 2.75) is 30.3 Å². The van der Waals surface area contributed by atoms with E-state index in [0.717, 1.165) is 35.9 Å². The summed E-state index contributed by atoms with van der Waals surface area (Å²) in [5.41, 5.74) is 1.58. The number of carbonyl (C=O) groups is 3. The lowest BCUT2D eigenvalue weighted by molar-refractivity contribution is -0.159. The highest BCUT2D eigenvalue weighted by Gasteiger charge is 2.23. The second-order valence-electron chi connectivity index (χ2n) is 6.59. The largest absolute Gasteiger partial charge is 0.473 e. The summed E-state index contributed by atoms with van der Waals surface area (Å²) in [7, 11) is 2.10. The average Bonchev–Trinajstić information content (AvgIpc) is 3.20. The molecule has 8 nitrogen and oxygen atoms in total. The zero-order valence-electron chi connectivity index (χ0n) is 16.7. The Morgan fingerprint density at radius 3 is 2.48 bits per heavy atom. The number of nitrogens with zero attached hydrogens (tertiary/aromatic N) is 3. The van der Waals surface area contributed by atoms with E-state index >= 15 is 0 Å². The van der Waals surface area contributed by atoms with Gasteiger partial charge in [-0.1, -0.05) is 12.2 Å². The molecular formula is C20H22FN3O5S2. The normalized spacial score (nSPS) is 15.7. The van der Waals surface area contributed by atoms with Gasteiger partial charge in [0.05, 0.1) is 17.8 Å². The predicted octanol–water partition coefficient (Wildman–Crippen LogP) is 3.52. The van der Waals surface area contributed by atoms with E-state index in [2.05, 4.69) is 32.8 Å². The van der Waals surface area contributed by atoms with Crippen LogP contribution in [0.3, 0.4) is 0 Å². The Balaban J connectivity index is 0.000000501. The van der Waals surface area contributed by atoms with E-state index in [1.54, 1.807) is 23.9 Å². The highest BCUT2D eigenvalue weighted by molar-refractivity contribution is 7.99. The summed E-state index contributed by atoms with van der Waals surface area (Å²) >= 11 is 2.89. The first-order valence-corrected chi connectivity index (χ1v) is 11.1. The molecule has 1 aromatic carbocycles. The molecule has 11 heteroatoms. The number of aromatic nitrogens is 2. The molecule has 1 aromatic heterocycles. The Kier molecular flexibility index (Phi) is 9.76. The first-order chi connectivity index (χ1) is 14.8. The Morgan fingerprint density at radius 1 is 1.19 bits per heavy atom. The quantitative estimate of drug-likeness (QED) is 0.207. The zero-order valence-corrected chi connectivity index (χ0v) is 18.4. The standard InChI is InChI=1S/C18H20FN3OS2.C2H2O4/c1-22-11-3-2-5-15(22)17-18(21-25-20-17)24-12-4-6-16(23)13-7-9-14(19)10-8-13;3-1(4)2(5)6/h2,5,7-10,15H,3-4,6,11-12H2,1H3;(H,3,4)(H,5,6). The number of benzene rings is 1. The molecule has 0 radical (unpaired) electrons. The first-order valence-electron chi connectivity index (χ1n) is 9.36. The van der Waals surface area contributed by atoms with Crippen molar-refractivity contribution in [3.05, 3.63) is 53.5 Å². The molecule has 0 fully saturated rings. The second kappa shape index (κ2) is 12.3. The summed E-state index contributed by atoms with van der Waals surface area (Å²) in [6.45, 7) is 1.02. The van der Waals surface area contributed by atoms with Gasteiger partial charge in [-0.25, -0.2) is 14.0 Å². The van der Waals surface area contributed by atoms with Crippen molar-refractivity contribution in [2.75, 3.05) is 19.3 Å². The highest BCUT2D eigenvalue weighted by Crippen LogP contribution is 2.31. The number of carbonyl (C=O) groups excluding carboxylic acids is 1. The molecule has 1 aliphatic heterocycles. The van der Waals surface area contributed by atoms with Crippen molar-refractivity contribution < 1.29 is 29.0 Å². The first kappa shape index (κ1) is 24.6. The van der Waals surface area contributed by atoms with E-state index < -0.39 is 11.9 Å². The van der Waals surface area contributed by atoms with Crippen molar-refractivity contribution in [1.29, 1.82) is 0 Å². The fourth-order valence-corrected chi connectivity index (χ4v) is 4.39. The number of hydrogen-bond acceptors (Lipinski definition) is 8. The maximum Gasteiger partial charge on any atom is 0.414 e. The summed E-state index contributed by atoms with van der Waals surface area (Å²) in [5.74, 6) is -3.11. The van der Waals surface area contributed by atoms with Crippen LogP contribution in [0.25, 0.3) is 0 Å². The van der Waals surface area contributed by atoms with Crippen LogP contribution in [-0.4, -0.2) is 60.9 Å². The topological polar surface area (TPSA) is 121 Å². The molecule has 31 heavy (non-hydrogen) atoms. The molecule has 2 heterocycles. The lowest BCUT2D eigenvalue weighted by atomic mass is 10.1. The van der Waals surface area contributed by atoms with Crippen LogP contribution >= 0.6 is 23.5 Å². The summed E-state index contributed by atoms with van der Waals surface area (Å²) in [5, 5.41) is 15.7. The molecule has 1 unspecified atom stereocenters. The minimum Gasteiger partial charge on any atom is -0.473 e. The van der Waals surface area contributed by atoms with Gasteiger partial charge in [-0.15, -0.1) is 11.8 Å². The molecule has 2 aromatic rings. The number of carboxylic acid groups (broad SMARTS) is 2. The molecule has 0 saturated heterocycles. The third-order valence-corrected chi connectivity index (χ3v) is 6.06. The van der Waals surface area contributed by atoms with Crippen molar-refractivity contribution in [1.82, 2.24) is 13.6 Å². The third kappa shape index (κ3) is 7.85. The van der Waals surface area contributed by atoms with Gasteiger partial charge in [0.2, 0.25) is 0 Å². The molecule has 1 atom stereocenters. The fourth-order valence-electron chi connectivity index (χ4n) is 2.74. The minimum absolute atomic E-state index is 0.0483. The Bertz CT molecular complexity index is 921. The van der Waals surface area contributed by atoms with Gasteiger partial charge in [0, 0.05) is 24.3 Å². The van der Waals surface area contributed by atoms with Crippen LogP contribution in [0.15, 0.2) is 41.4 Å². The van der Waals surface area contributed by atoms with Gasteiger partial charge in [0.25, 0.3) is 0 Å². The molecule has 1 aliphatic rings. The van der Waals surface area contributed by atoms with Crippen molar-refractivity contribution in [3.8, 4) is 0 Å². The van der Waals surface area contributed by atoms with Crippen LogP contribution in [0.4, 0.5) is 4.39 Å². The van der Waals surface area contributed by atoms with E-state index in [0.29, 0.717) is 12.0 Å². The monoisotopic (exact) mass is 467 g/mol. The number of rotatable bonds is 7.